The third kappa shape index (κ3) is 2.49. The first kappa shape index (κ1) is 13.6. The fourth-order valence-corrected chi connectivity index (χ4v) is 2.32. The maximum Gasteiger partial charge on any atom is 0.316 e. The molecule has 0 radical (unpaired) electrons. The minimum absolute atomic E-state index is 0.0204. The van der Waals surface area contributed by atoms with E-state index in [0.29, 0.717) is 11.3 Å². The van der Waals surface area contributed by atoms with E-state index in [1.165, 1.54) is 0 Å². The second-order valence-electron chi connectivity index (χ2n) is 4.85. The Hall–Kier alpha value is -1.81. The van der Waals surface area contributed by atoms with Crippen LogP contribution in [0.4, 0.5) is 0 Å². The van der Waals surface area contributed by atoms with E-state index in [9.17, 15) is 9.90 Å². The van der Waals surface area contributed by atoms with Crippen LogP contribution < -0.4 is 4.74 Å². The lowest BCUT2D eigenvalue weighted by atomic mass is 9.82. The molecule has 1 heterocycles. The van der Waals surface area contributed by atoms with Crippen molar-refractivity contribution < 1.29 is 19.4 Å². The quantitative estimate of drug-likeness (QED) is 0.828. The molecule has 0 spiro atoms. The van der Waals surface area contributed by atoms with Gasteiger partial charge in [-0.25, -0.2) is 0 Å². The van der Waals surface area contributed by atoms with Gasteiger partial charge in [0, 0.05) is 5.56 Å². The van der Waals surface area contributed by atoms with Crippen molar-refractivity contribution in [3.05, 3.63) is 36.4 Å². The first-order chi connectivity index (χ1) is 8.97. The topological polar surface area (TPSA) is 55.8 Å². The average molecular weight is 262 g/mol. The highest BCUT2D eigenvalue weighted by Crippen LogP contribution is 2.39. The largest absolute Gasteiger partial charge is 0.490 e. The molecule has 2 rings (SSSR count). The number of carbonyl (C=O) groups excluding carboxylic acids is 1. The van der Waals surface area contributed by atoms with Crippen LogP contribution >= 0.6 is 0 Å². The molecule has 1 aliphatic heterocycles. The smallest absolute Gasteiger partial charge is 0.316 e. The Labute approximate surface area is 112 Å². The lowest BCUT2D eigenvalue weighted by Gasteiger charge is -2.29. The zero-order valence-electron chi connectivity index (χ0n) is 11.2. The van der Waals surface area contributed by atoms with Gasteiger partial charge in [0.05, 0.1) is 6.61 Å². The summed E-state index contributed by atoms with van der Waals surface area (Å²) >= 11 is 0. The number of benzene rings is 1. The maximum absolute atomic E-state index is 12.1. The summed E-state index contributed by atoms with van der Waals surface area (Å²) in [5.41, 5.74) is -0.0857. The molecular formula is C15H18O4. The average Bonchev–Trinajstić information content (AvgIpc) is 2.46. The van der Waals surface area contributed by atoms with Gasteiger partial charge in [-0.2, -0.15) is 0 Å². The molecule has 0 bridgehead atoms. The van der Waals surface area contributed by atoms with Crippen molar-refractivity contribution in [2.24, 2.45) is 5.92 Å². The SMILES string of the molecule is C=C1c2ccccc2OCC(C)(O)C1C(=O)OCC. The van der Waals surface area contributed by atoms with Crippen molar-refractivity contribution >= 4 is 11.5 Å². The summed E-state index contributed by atoms with van der Waals surface area (Å²) in [5.74, 6) is -0.673. The van der Waals surface area contributed by atoms with E-state index in [0.717, 1.165) is 5.56 Å². The summed E-state index contributed by atoms with van der Waals surface area (Å²) in [6.45, 7) is 7.53. The first-order valence-electron chi connectivity index (χ1n) is 6.27. The Balaban J connectivity index is 2.45. The first-order valence-corrected chi connectivity index (χ1v) is 6.27. The third-order valence-electron chi connectivity index (χ3n) is 3.25. The number of fused-ring (bicyclic) bond motifs is 1. The van der Waals surface area contributed by atoms with Crippen molar-refractivity contribution in [2.75, 3.05) is 13.2 Å². The standard InChI is InChI=1S/C15H18O4/c1-4-18-14(16)13-10(2)11-7-5-6-8-12(11)19-9-15(13,3)17/h5-8,13,17H,2,4,9H2,1,3H3. The number of aliphatic hydroxyl groups is 1. The van der Waals surface area contributed by atoms with Crippen LogP contribution in [0.15, 0.2) is 30.8 Å². The summed E-state index contributed by atoms with van der Waals surface area (Å²) in [6, 6.07) is 7.30. The van der Waals surface area contributed by atoms with Gasteiger partial charge in [0.25, 0.3) is 0 Å². The summed E-state index contributed by atoms with van der Waals surface area (Å²) in [7, 11) is 0. The van der Waals surface area contributed by atoms with Crippen LogP contribution in [0.25, 0.3) is 5.57 Å². The van der Waals surface area contributed by atoms with Gasteiger partial charge in [-0.3, -0.25) is 4.79 Å². The molecule has 0 amide bonds. The molecule has 4 heteroatoms. The molecular weight excluding hydrogens is 244 g/mol. The maximum atomic E-state index is 12.1. The highest BCUT2D eigenvalue weighted by atomic mass is 16.5. The summed E-state index contributed by atoms with van der Waals surface area (Å²) in [4.78, 5) is 12.1. The predicted octanol–water partition coefficient (Wildman–Crippen LogP) is 2.02. The van der Waals surface area contributed by atoms with Crippen LogP contribution in [0.1, 0.15) is 19.4 Å². The number of para-hydroxylation sites is 1. The molecule has 0 fully saturated rings. The Morgan fingerprint density at radius 2 is 2.26 bits per heavy atom. The van der Waals surface area contributed by atoms with Crippen molar-refractivity contribution in [1.82, 2.24) is 0 Å². The zero-order chi connectivity index (χ0) is 14.0. The number of ether oxygens (including phenoxy) is 2. The summed E-state index contributed by atoms with van der Waals surface area (Å²) in [6.07, 6.45) is 0. The highest BCUT2D eigenvalue weighted by molar-refractivity contribution is 5.90. The molecule has 0 saturated carbocycles. The minimum Gasteiger partial charge on any atom is -0.490 e. The number of hydrogen-bond acceptors (Lipinski definition) is 4. The Bertz CT molecular complexity index is 505. The number of hydrogen-bond donors (Lipinski definition) is 1. The van der Waals surface area contributed by atoms with Gasteiger partial charge in [-0.1, -0.05) is 24.8 Å². The second kappa shape index (κ2) is 5.05. The fraction of sp³-hybridized carbons (Fsp3) is 0.400. The number of carbonyl (C=O) groups is 1. The number of rotatable bonds is 2. The lowest BCUT2D eigenvalue weighted by Crippen LogP contribution is -2.44. The van der Waals surface area contributed by atoms with Crippen LogP contribution in [0, 0.1) is 5.92 Å². The van der Waals surface area contributed by atoms with Crippen LogP contribution in [-0.2, 0) is 9.53 Å². The second-order valence-corrected chi connectivity index (χ2v) is 4.85. The highest BCUT2D eigenvalue weighted by Gasteiger charge is 2.44. The molecule has 2 atom stereocenters. The molecule has 1 aliphatic rings. The normalized spacial score (nSPS) is 26.1. The van der Waals surface area contributed by atoms with E-state index < -0.39 is 17.5 Å². The van der Waals surface area contributed by atoms with Gasteiger partial charge >= 0.3 is 5.97 Å². The van der Waals surface area contributed by atoms with E-state index in [1.807, 2.05) is 18.2 Å². The molecule has 2 unspecified atom stereocenters. The van der Waals surface area contributed by atoms with E-state index in [4.69, 9.17) is 9.47 Å². The molecule has 102 valence electrons. The fourth-order valence-electron chi connectivity index (χ4n) is 2.32. The van der Waals surface area contributed by atoms with Gasteiger partial charge in [0.1, 0.15) is 23.9 Å². The summed E-state index contributed by atoms with van der Waals surface area (Å²) < 4.78 is 10.6. The van der Waals surface area contributed by atoms with Crippen molar-refractivity contribution in [3.63, 3.8) is 0 Å². The van der Waals surface area contributed by atoms with Crippen molar-refractivity contribution in [2.45, 2.75) is 19.4 Å². The Kier molecular flexibility index (Phi) is 3.62. The molecule has 0 saturated heterocycles. The van der Waals surface area contributed by atoms with Gasteiger partial charge in [0.15, 0.2) is 0 Å². The monoisotopic (exact) mass is 262 g/mol. The predicted molar refractivity (Wildman–Crippen MR) is 71.7 cm³/mol. The van der Waals surface area contributed by atoms with Gasteiger partial charge in [0.2, 0.25) is 0 Å². The van der Waals surface area contributed by atoms with E-state index in [2.05, 4.69) is 6.58 Å². The third-order valence-corrected chi connectivity index (χ3v) is 3.25. The van der Waals surface area contributed by atoms with E-state index >= 15 is 0 Å². The van der Waals surface area contributed by atoms with E-state index in [1.54, 1.807) is 19.9 Å². The van der Waals surface area contributed by atoms with Crippen LogP contribution in [0.3, 0.4) is 0 Å². The molecule has 1 N–H and O–H groups in total. The van der Waals surface area contributed by atoms with Crippen molar-refractivity contribution in [1.29, 1.82) is 0 Å². The molecule has 0 aromatic heterocycles. The van der Waals surface area contributed by atoms with Crippen LogP contribution in [-0.4, -0.2) is 29.9 Å². The van der Waals surface area contributed by atoms with Crippen LogP contribution in [0.5, 0.6) is 5.75 Å². The van der Waals surface area contributed by atoms with Crippen LogP contribution in [0.2, 0.25) is 0 Å². The molecule has 1 aromatic carbocycles. The Morgan fingerprint density at radius 1 is 1.58 bits per heavy atom. The molecule has 0 aliphatic carbocycles. The van der Waals surface area contributed by atoms with Gasteiger partial charge < -0.3 is 14.6 Å². The molecule has 1 aromatic rings. The number of esters is 1. The van der Waals surface area contributed by atoms with Gasteiger partial charge in [-0.05, 0) is 25.5 Å². The zero-order valence-corrected chi connectivity index (χ0v) is 11.2. The van der Waals surface area contributed by atoms with Gasteiger partial charge in [-0.15, -0.1) is 0 Å². The van der Waals surface area contributed by atoms with Crippen molar-refractivity contribution in [3.8, 4) is 5.75 Å². The lowest BCUT2D eigenvalue weighted by molar-refractivity contribution is -0.154. The van der Waals surface area contributed by atoms with E-state index in [-0.39, 0.29) is 13.2 Å². The molecule has 4 nitrogen and oxygen atoms in total. The minimum atomic E-state index is -1.34. The Morgan fingerprint density at radius 3 is 2.95 bits per heavy atom. The molecule has 19 heavy (non-hydrogen) atoms. The summed E-state index contributed by atoms with van der Waals surface area (Å²) in [5, 5.41) is 10.5.